The van der Waals surface area contributed by atoms with Crippen molar-refractivity contribution < 1.29 is 0 Å². The molecule has 126 valence electrons. The van der Waals surface area contributed by atoms with Gasteiger partial charge in [0.25, 0.3) is 0 Å². The van der Waals surface area contributed by atoms with E-state index < -0.39 is 0 Å². The first-order valence-corrected chi connectivity index (χ1v) is 8.49. The number of fused-ring (bicyclic) bond motifs is 1. The van der Waals surface area contributed by atoms with Crippen LogP contribution in [0.4, 0.5) is 0 Å². The topological polar surface area (TPSA) is 54.5 Å². The molecule has 7 heteroatoms. The van der Waals surface area contributed by atoms with Gasteiger partial charge in [-0.3, -0.25) is 14.5 Å². The van der Waals surface area contributed by atoms with Gasteiger partial charge in [0.15, 0.2) is 0 Å². The predicted octanol–water partition coefficient (Wildman–Crippen LogP) is 1.05. The Hall–Kier alpha value is -2.25. The molecule has 0 atom stereocenters. The summed E-state index contributed by atoms with van der Waals surface area (Å²) in [4.78, 5) is 13.7. The van der Waals surface area contributed by atoms with Crippen molar-refractivity contribution in [1.82, 2.24) is 33.9 Å². The van der Waals surface area contributed by atoms with E-state index in [4.69, 9.17) is 0 Å². The van der Waals surface area contributed by atoms with E-state index in [1.807, 2.05) is 10.7 Å². The van der Waals surface area contributed by atoms with Crippen molar-refractivity contribution >= 4 is 5.65 Å². The Morgan fingerprint density at radius 3 is 2.67 bits per heavy atom. The maximum absolute atomic E-state index is 4.66. The highest BCUT2D eigenvalue weighted by Crippen LogP contribution is 2.15. The molecule has 1 fully saturated rings. The Morgan fingerprint density at radius 1 is 1.04 bits per heavy atom. The standard InChI is InChI=1S/C17H23N7/c1-15-16(24-5-3-2-4-17(24)20-15)12-22-8-6-21(7-9-22)10-11-23-14-18-13-19-23/h2-5,13-14H,6-12H2,1H3. The van der Waals surface area contributed by atoms with Gasteiger partial charge in [0.2, 0.25) is 0 Å². The largest absolute Gasteiger partial charge is 0.302 e. The van der Waals surface area contributed by atoms with E-state index in [-0.39, 0.29) is 0 Å². The molecule has 0 radical (unpaired) electrons. The number of aromatic nitrogens is 5. The van der Waals surface area contributed by atoms with E-state index in [9.17, 15) is 0 Å². The number of nitrogens with zero attached hydrogens (tertiary/aromatic N) is 7. The van der Waals surface area contributed by atoms with Gasteiger partial charge in [-0.15, -0.1) is 0 Å². The van der Waals surface area contributed by atoms with Gasteiger partial charge in [0.05, 0.1) is 17.9 Å². The Balaban J connectivity index is 1.33. The lowest BCUT2D eigenvalue weighted by atomic mass is 10.2. The minimum Gasteiger partial charge on any atom is -0.302 e. The highest BCUT2D eigenvalue weighted by Gasteiger charge is 2.19. The molecule has 0 N–H and O–H groups in total. The number of imidazole rings is 1. The SMILES string of the molecule is Cc1nc2ccccn2c1CN1CCN(CCn2cncn2)CC1. The smallest absolute Gasteiger partial charge is 0.137 e. The molecule has 0 spiro atoms. The molecule has 0 saturated carbocycles. The van der Waals surface area contributed by atoms with E-state index in [1.165, 1.54) is 5.69 Å². The minimum absolute atomic E-state index is 0.909. The molecule has 1 saturated heterocycles. The van der Waals surface area contributed by atoms with Gasteiger partial charge >= 0.3 is 0 Å². The Morgan fingerprint density at radius 2 is 1.88 bits per heavy atom. The highest BCUT2D eigenvalue weighted by molar-refractivity contribution is 5.42. The van der Waals surface area contributed by atoms with Crippen LogP contribution in [0.25, 0.3) is 5.65 Å². The molecular formula is C17H23N7. The summed E-state index contributed by atoms with van der Waals surface area (Å²) < 4.78 is 4.11. The van der Waals surface area contributed by atoms with Crippen LogP contribution >= 0.6 is 0 Å². The first-order valence-electron chi connectivity index (χ1n) is 8.49. The lowest BCUT2D eigenvalue weighted by molar-refractivity contribution is 0.121. The van der Waals surface area contributed by atoms with Crippen LogP contribution in [0.1, 0.15) is 11.4 Å². The van der Waals surface area contributed by atoms with Crippen molar-refractivity contribution in [2.75, 3.05) is 32.7 Å². The quantitative estimate of drug-likeness (QED) is 0.702. The monoisotopic (exact) mass is 325 g/mol. The van der Waals surface area contributed by atoms with Crippen molar-refractivity contribution in [1.29, 1.82) is 0 Å². The van der Waals surface area contributed by atoms with Crippen LogP contribution < -0.4 is 0 Å². The Bertz CT molecular complexity index is 784. The minimum atomic E-state index is 0.909. The number of hydrogen-bond acceptors (Lipinski definition) is 5. The molecule has 0 amide bonds. The molecule has 4 heterocycles. The lowest BCUT2D eigenvalue weighted by Gasteiger charge is -2.34. The molecule has 0 unspecified atom stereocenters. The molecule has 4 rings (SSSR count). The Kier molecular flexibility index (Phi) is 4.27. The summed E-state index contributed by atoms with van der Waals surface area (Å²) in [7, 11) is 0. The fourth-order valence-electron chi connectivity index (χ4n) is 3.33. The summed E-state index contributed by atoms with van der Waals surface area (Å²) in [5, 5.41) is 4.16. The number of pyridine rings is 1. The summed E-state index contributed by atoms with van der Waals surface area (Å²) >= 11 is 0. The van der Waals surface area contributed by atoms with Crippen molar-refractivity contribution in [2.24, 2.45) is 0 Å². The average molecular weight is 325 g/mol. The second-order valence-electron chi connectivity index (χ2n) is 6.35. The highest BCUT2D eigenvalue weighted by atomic mass is 15.3. The predicted molar refractivity (Wildman–Crippen MR) is 91.7 cm³/mol. The van der Waals surface area contributed by atoms with Crippen molar-refractivity contribution in [2.45, 2.75) is 20.0 Å². The molecular weight excluding hydrogens is 302 g/mol. The maximum Gasteiger partial charge on any atom is 0.137 e. The number of piperazine rings is 1. The third-order valence-electron chi connectivity index (χ3n) is 4.78. The van der Waals surface area contributed by atoms with E-state index in [0.29, 0.717) is 0 Å². The molecule has 0 aromatic carbocycles. The van der Waals surface area contributed by atoms with E-state index in [2.05, 4.69) is 54.5 Å². The van der Waals surface area contributed by atoms with Gasteiger partial charge in [-0.25, -0.2) is 9.97 Å². The van der Waals surface area contributed by atoms with Crippen LogP contribution in [0, 0.1) is 6.92 Å². The fraction of sp³-hybridized carbons (Fsp3) is 0.471. The number of rotatable bonds is 5. The van der Waals surface area contributed by atoms with Gasteiger partial charge in [0.1, 0.15) is 18.3 Å². The molecule has 1 aliphatic heterocycles. The average Bonchev–Trinajstić information content (AvgIpc) is 3.23. The van der Waals surface area contributed by atoms with Gasteiger partial charge in [-0.05, 0) is 19.1 Å². The zero-order valence-electron chi connectivity index (χ0n) is 14.0. The second-order valence-corrected chi connectivity index (χ2v) is 6.35. The van der Waals surface area contributed by atoms with Crippen LogP contribution in [-0.4, -0.2) is 66.7 Å². The third-order valence-corrected chi connectivity index (χ3v) is 4.78. The van der Waals surface area contributed by atoms with E-state index >= 15 is 0 Å². The van der Waals surface area contributed by atoms with Crippen molar-refractivity contribution in [3.05, 3.63) is 48.4 Å². The maximum atomic E-state index is 4.66. The summed E-state index contributed by atoms with van der Waals surface area (Å²) in [5.74, 6) is 0. The molecule has 0 aliphatic carbocycles. The van der Waals surface area contributed by atoms with Crippen LogP contribution in [-0.2, 0) is 13.1 Å². The van der Waals surface area contributed by atoms with E-state index in [1.54, 1.807) is 12.7 Å². The van der Waals surface area contributed by atoms with Crippen LogP contribution in [0.2, 0.25) is 0 Å². The van der Waals surface area contributed by atoms with Crippen molar-refractivity contribution in [3.8, 4) is 0 Å². The van der Waals surface area contributed by atoms with Gasteiger partial charge in [-0.2, -0.15) is 5.10 Å². The van der Waals surface area contributed by atoms with E-state index in [0.717, 1.165) is 57.2 Å². The normalized spacial score (nSPS) is 16.9. The first kappa shape index (κ1) is 15.3. The molecule has 24 heavy (non-hydrogen) atoms. The van der Waals surface area contributed by atoms with Crippen LogP contribution in [0.3, 0.4) is 0 Å². The summed E-state index contributed by atoms with van der Waals surface area (Å²) in [6.07, 6.45) is 5.49. The number of hydrogen-bond donors (Lipinski definition) is 0. The van der Waals surface area contributed by atoms with Gasteiger partial charge < -0.3 is 4.40 Å². The third kappa shape index (κ3) is 3.18. The van der Waals surface area contributed by atoms with Gasteiger partial charge in [0, 0.05) is 45.5 Å². The van der Waals surface area contributed by atoms with Crippen LogP contribution in [0.5, 0.6) is 0 Å². The van der Waals surface area contributed by atoms with Crippen molar-refractivity contribution in [3.63, 3.8) is 0 Å². The second kappa shape index (κ2) is 6.70. The molecule has 1 aliphatic rings. The Labute approximate surface area is 141 Å². The fourth-order valence-corrected chi connectivity index (χ4v) is 3.33. The number of aryl methyl sites for hydroxylation is 1. The molecule has 0 bridgehead atoms. The summed E-state index contributed by atoms with van der Waals surface area (Å²) in [6, 6.07) is 6.18. The zero-order valence-corrected chi connectivity index (χ0v) is 14.0. The summed E-state index contributed by atoms with van der Waals surface area (Å²) in [6.45, 7) is 9.41. The molecule has 3 aromatic rings. The molecule has 3 aromatic heterocycles. The molecule has 7 nitrogen and oxygen atoms in total. The lowest BCUT2D eigenvalue weighted by Crippen LogP contribution is -2.46. The summed E-state index contributed by atoms with van der Waals surface area (Å²) in [5.41, 5.74) is 3.48. The zero-order chi connectivity index (χ0) is 16.4. The van der Waals surface area contributed by atoms with Crippen LogP contribution in [0.15, 0.2) is 37.1 Å². The van der Waals surface area contributed by atoms with Gasteiger partial charge in [-0.1, -0.05) is 6.07 Å². The first-order chi connectivity index (χ1) is 11.8.